The molecule has 0 saturated carbocycles. The summed E-state index contributed by atoms with van der Waals surface area (Å²) >= 11 is 0. The Kier molecular flexibility index (Phi) is 3.00. The molecule has 3 nitrogen and oxygen atoms in total. The van der Waals surface area contributed by atoms with E-state index in [2.05, 4.69) is 47.6 Å². The van der Waals surface area contributed by atoms with Gasteiger partial charge in [0.15, 0.2) is 5.58 Å². The first-order valence-electron chi connectivity index (χ1n) is 7.51. The fourth-order valence-electron chi connectivity index (χ4n) is 3.10. The molecule has 3 heteroatoms. The summed E-state index contributed by atoms with van der Waals surface area (Å²) in [4.78, 5) is 4.68. The minimum Gasteiger partial charge on any atom is -0.436 e. The lowest BCUT2D eigenvalue weighted by Gasteiger charge is -2.13. The topological polar surface area (TPSA) is 38.1 Å². The smallest absolute Gasteiger partial charge is 0.227 e. The average Bonchev–Trinajstić information content (AvgIpc) is 3.16. The second-order valence-corrected chi connectivity index (χ2v) is 5.73. The molecule has 1 aliphatic rings. The van der Waals surface area contributed by atoms with Gasteiger partial charge in [-0.05, 0) is 55.6 Å². The van der Waals surface area contributed by atoms with Gasteiger partial charge in [0.2, 0.25) is 5.89 Å². The molecule has 1 fully saturated rings. The Morgan fingerprint density at radius 1 is 1.19 bits per heavy atom. The number of nitrogens with one attached hydrogen (secondary N) is 1. The van der Waals surface area contributed by atoms with E-state index in [4.69, 9.17) is 4.42 Å². The summed E-state index contributed by atoms with van der Waals surface area (Å²) in [6.07, 6.45) is 2.40. The summed E-state index contributed by atoms with van der Waals surface area (Å²) in [5, 5.41) is 3.56. The Balaban J connectivity index is 1.84. The molecule has 1 atom stereocenters. The van der Waals surface area contributed by atoms with Crippen molar-refractivity contribution in [3.8, 4) is 11.5 Å². The normalized spacial score (nSPS) is 18.4. The second-order valence-electron chi connectivity index (χ2n) is 5.73. The molecular weight excluding hydrogens is 260 g/mol. The largest absolute Gasteiger partial charge is 0.436 e. The van der Waals surface area contributed by atoms with Crippen LogP contribution in [-0.4, -0.2) is 11.5 Å². The minimum atomic E-state index is 0.415. The Hall–Kier alpha value is -2.13. The zero-order chi connectivity index (χ0) is 14.2. The van der Waals surface area contributed by atoms with Gasteiger partial charge in [0.1, 0.15) is 5.52 Å². The molecule has 2 aromatic carbocycles. The number of nitrogens with zero attached hydrogens (tertiary/aromatic N) is 1. The van der Waals surface area contributed by atoms with Crippen LogP contribution in [0.5, 0.6) is 0 Å². The fraction of sp³-hybridized carbons (Fsp3) is 0.278. The van der Waals surface area contributed by atoms with Crippen LogP contribution in [0.3, 0.4) is 0 Å². The molecule has 4 rings (SSSR count). The van der Waals surface area contributed by atoms with Crippen molar-refractivity contribution in [3.63, 3.8) is 0 Å². The highest BCUT2D eigenvalue weighted by Gasteiger charge is 2.21. The zero-order valence-corrected chi connectivity index (χ0v) is 12.1. The van der Waals surface area contributed by atoms with Gasteiger partial charge in [0.05, 0.1) is 0 Å². The monoisotopic (exact) mass is 278 g/mol. The van der Waals surface area contributed by atoms with Gasteiger partial charge in [-0.1, -0.05) is 24.3 Å². The third-order valence-corrected chi connectivity index (χ3v) is 4.17. The van der Waals surface area contributed by atoms with E-state index in [1.807, 2.05) is 12.1 Å². The Morgan fingerprint density at radius 3 is 2.95 bits per heavy atom. The van der Waals surface area contributed by atoms with E-state index in [0.717, 1.165) is 29.1 Å². The maximum absolute atomic E-state index is 5.97. The van der Waals surface area contributed by atoms with Crippen LogP contribution in [0.2, 0.25) is 0 Å². The summed E-state index contributed by atoms with van der Waals surface area (Å²) in [7, 11) is 0. The standard InChI is InChI=1S/C18H18N2O/c1-12-8-9-17-16(11-12)20-18(21-17)14-6-3-2-5-13(14)15-7-4-10-19-15/h2-3,5-6,8-9,11,15,19H,4,7,10H2,1H3. The van der Waals surface area contributed by atoms with Crippen molar-refractivity contribution in [1.82, 2.24) is 10.3 Å². The van der Waals surface area contributed by atoms with Crippen molar-refractivity contribution in [3.05, 3.63) is 53.6 Å². The minimum absolute atomic E-state index is 0.415. The third-order valence-electron chi connectivity index (χ3n) is 4.17. The van der Waals surface area contributed by atoms with Crippen LogP contribution in [0.25, 0.3) is 22.6 Å². The van der Waals surface area contributed by atoms with Gasteiger partial charge >= 0.3 is 0 Å². The second kappa shape index (κ2) is 5.01. The van der Waals surface area contributed by atoms with Crippen LogP contribution in [0, 0.1) is 6.92 Å². The SMILES string of the molecule is Cc1ccc2oc(-c3ccccc3C3CCCN3)nc2c1. The number of fused-ring (bicyclic) bond motifs is 1. The Labute approximate surface area is 124 Å². The molecule has 1 N–H and O–H groups in total. The molecule has 1 saturated heterocycles. The molecule has 106 valence electrons. The third kappa shape index (κ3) is 2.24. The van der Waals surface area contributed by atoms with E-state index in [1.165, 1.54) is 24.0 Å². The molecule has 21 heavy (non-hydrogen) atoms. The molecule has 3 aromatic rings. The molecule has 1 unspecified atom stereocenters. The number of aromatic nitrogens is 1. The highest BCUT2D eigenvalue weighted by Crippen LogP contribution is 2.33. The van der Waals surface area contributed by atoms with E-state index >= 15 is 0 Å². The molecule has 2 heterocycles. The van der Waals surface area contributed by atoms with Gasteiger partial charge in [-0.15, -0.1) is 0 Å². The summed E-state index contributed by atoms with van der Waals surface area (Å²) in [6.45, 7) is 3.16. The number of rotatable bonds is 2. The van der Waals surface area contributed by atoms with E-state index in [0.29, 0.717) is 6.04 Å². The van der Waals surface area contributed by atoms with Crippen molar-refractivity contribution < 1.29 is 4.42 Å². The van der Waals surface area contributed by atoms with Crippen molar-refractivity contribution in [1.29, 1.82) is 0 Å². The molecule has 1 aliphatic heterocycles. The van der Waals surface area contributed by atoms with E-state index in [1.54, 1.807) is 0 Å². The lowest BCUT2D eigenvalue weighted by atomic mass is 9.99. The zero-order valence-electron chi connectivity index (χ0n) is 12.1. The van der Waals surface area contributed by atoms with E-state index in [9.17, 15) is 0 Å². The molecule has 0 radical (unpaired) electrons. The first-order valence-corrected chi connectivity index (χ1v) is 7.51. The van der Waals surface area contributed by atoms with Gasteiger partial charge in [0.25, 0.3) is 0 Å². The fourth-order valence-corrected chi connectivity index (χ4v) is 3.10. The van der Waals surface area contributed by atoms with Crippen molar-refractivity contribution in [2.24, 2.45) is 0 Å². The van der Waals surface area contributed by atoms with Crippen LogP contribution in [0.1, 0.15) is 30.0 Å². The predicted molar refractivity (Wildman–Crippen MR) is 84.2 cm³/mol. The first kappa shape index (κ1) is 12.6. The van der Waals surface area contributed by atoms with Gasteiger partial charge < -0.3 is 9.73 Å². The predicted octanol–water partition coefficient (Wildman–Crippen LogP) is 4.23. The quantitative estimate of drug-likeness (QED) is 0.762. The average molecular weight is 278 g/mol. The molecule has 1 aromatic heterocycles. The van der Waals surface area contributed by atoms with Gasteiger partial charge in [-0.2, -0.15) is 0 Å². The summed E-state index contributed by atoms with van der Waals surface area (Å²) in [5.41, 5.74) is 5.38. The number of benzene rings is 2. The van der Waals surface area contributed by atoms with Crippen molar-refractivity contribution in [2.75, 3.05) is 6.54 Å². The number of hydrogen-bond donors (Lipinski definition) is 1. The van der Waals surface area contributed by atoms with Crippen molar-refractivity contribution in [2.45, 2.75) is 25.8 Å². The van der Waals surface area contributed by atoms with E-state index in [-0.39, 0.29) is 0 Å². The van der Waals surface area contributed by atoms with Crippen LogP contribution >= 0.6 is 0 Å². The Bertz CT molecular complexity index is 785. The molecule has 0 bridgehead atoms. The summed E-state index contributed by atoms with van der Waals surface area (Å²) in [5.74, 6) is 0.722. The van der Waals surface area contributed by atoms with Gasteiger partial charge in [-0.25, -0.2) is 4.98 Å². The molecule has 0 spiro atoms. The van der Waals surface area contributed by atoms with Gasteiger partial charge in [-0.3, -0.25) is 0 Å². The number of aryl methyl sites for hydroxylation is 1. The van der Waals surface area contributed by atoms with E-state index < -0.39 is 0 Å². The molecule has 0 aliphatic carbocycles. The maximum Gasteiger partial charge on any atom is 0.227 e. The highest BCUT2D eigenvalue weighted by molar-refractivity contribution is 5.77. The summed E-state index contributed by atoms with van der Waals surface area (Å²) in [6, 6.07) is 15.0. The molecular formula is C18H18N2O. The van der Waals surface area contributed by atoms with Crippen LogP contribution in [0.4, 0.5) is 0 Å². The van der Waals surface area contributed by atoms with Crippen LogP contribution in [-0.2, 0) is 0 Å². The Morgan fingerprint density at radius 2 is 2.10 bits per heavy atom. The van der Waals surface area contributed by atoms with Crippen molar-refractivity contribution >= 4 is 11.1 Å². The number of oxazole rings is 1. The lowest BCUT2D eigenvalue weighted by molar-refractivity contribution is 0.609. The maximum atomic E-state index is 5.97. The first-order chi connectivity index (χ1) is 10.3. The van der Waals surface area contributed by atoms with Crippen LogP contribution < -0.4 is 5.32 Å². The summed E-state index contributed by atoms with van der Waals surface area (Å²) < 4.78 is 5.97. The number of hydrogen-bond acceptors (Lipinski definition) is 3. The lowest BCUT2D eigenvalue weighted by Crippen LogP contribution is -2.13. The molecule has 0 amide bonds. The van der Waals surface area contributed by atoms with Crippen LogP contribution in [0.15, 0.2) is 46.9 Å². The highest BCUT2D eigenvalue weighted by atomic mass is 16.3. The van der Waals surface area contributed by atoms with Gasteiger partial charge in [0, 0.05) is 11.6 Å².